The van der Waals surface area contributed by atoms with Crippen LogP contribution in [0.15, 0.2) is 243 Å². The highest BCUT2D eigenvalue weighted by atomic mass is 16.5. The second-order valence-corrected chi connectivity index (χ2v) is 16.1. The molecule has 0 atom stereocenters. The topological polar surface area (TPSA) is 15.7 Å². The van der Waals surface area contributed by atoms with Crippen molar-refractivity contribution >= 4 is 66.4 Å². The van der Waals surface area contributed by atoms with Crippen LogP contribution in [0.5, 0.6) is 11.5 Å². The number of ether oxygens (including phenoxy) is 1. The molecule has 1 aliphatic heterocycles. The maximum atomic E-state index is 6.86. The first-order valence-electron chi connectivity index (χ1n) is 21.5. The Balaban J connectivity index is 0.919. The molecule has 0 spiro atoms. The second kappa shape index (κ2) is 15.3. The molecule has 3 heteroatoms. The molecule has 1 aliphatic rings. The van der Waals surface area contributed by atoms with E-state index in [-0.39, 0.29) is 0 Å². The molecule has 0 N–H and O–H groups in total. The fourth-order valence-corrected chi connectivity index (χ4v) is 9.41. The van der Waals surface area contributed by atoms with E-state index < -0.39 is 0 Å². The summed E-state index contributed by atoms with van der Waals surface area (Å²) in [5.41, 5.74) is 13.5. The zero-order valence-corrected chi connectivity index (χ0v) is 34.4. The van der Waals surface area contributed by atoms with Crippen LogP contribution in [0.4, 0.5) is 34.1 Å². The van der Waals surface area contributed by atoms with Gasteiger partial charge < -0.3 is 14.5 Å². The summed E-state index contributed by atoms with van der Waals surface area (Å²) >= 11 is 0. The van der Waals surface area contributed by atoms with Gasteiger partial charge in [0.05, 0.1) is 5.69 Å². The van der Waals surface area contributed by atoms with Crippen LogP contribution < -0.4 is 14.5 Å². The van der Waals surface area contributed by atoms with Crippen LogP contribution in [0.25, 0.3) is 65.7 Å². The number of para-hydroxylation sites is 3. The first-order valence-corrected chi connectivity index (χ1v) is 21.5. The average molecular weight is 805 g/mol. The highest BCUT2D eigenvalue weighted by Gasteiger charge is 2.24. The first-order chi connectivity index (χ1) is 31.2. The van der Waals surface area contributed by atoms with Gasteiger partial charge in [-0.05, 0) is 134 Å². The van der Waals surface area contributed by atoms with Crippen molar-refractivity contribution < 1.29 is 4.74 Å². The van der Waals surface area contributed by atoms with Crippen molar-refractivity contribution in [3.05, 3.63) is 243 Å². The van der Waals surface area contributed by atoms with Gasteiger partial charge in [-0.3, -0.25) is 0 Å². The monoisotopic (exact) mass is 804 g/mol. The van der Waals surface area contributed by atoms with E-state index in [1.807, 2.05) is 0 Å². The minimum Gasteiger partial charge on any atom is -0.456 e. The Bertz CT molecular complexity index is 3470. The fourth-order valence-electron chi connectivity index (χ4n) is 9.41. The highest BCUT2D eigenvalue weighted by molar-refractivity contribution is 6.18. The average Bonchev–Trinajstić information content (AvgIpc) is 3.35. The smallest absolute Gasteiger partial charge is 0.137 e. The lowest BCUT2D eigenvalue weighted by molar-refractivity contribution is 0.487. The van der Waals surface area contributed by atoms with E-state index in [4.69, 9.17) is 4.74 Å². The van der Waals surface area contributed by atoms with E-state index in [2.05, 4.69) is 252 Å². The summed E-state index contributed by atoms with van der Waals surface area (Å²) in [6, 6.07) is 86.9. The Morgan fingerprint density at radius 2 is 0.873 bits per heavy atom. The minimum absolute atomic E-state index is 0.848. The van der Waals surface area contributed by atoms with Gasteiger partial charge in [0.1, 0.15) is 11.5 Å². The van der Waals surface area contributed by atoms with Gasteiger partial charge in [-0.2, -0.15) is 0 Å². The van der Waals surface area contributed by atoms with Crippen LogP contribution in [0.1, 0.15) is 0 Å². The Morgan fingerprint density at radius 3 is 1.67 bits per heavy atom. The molecule has 1 heterocycles. The number of anilines is 6. The molecular formula is C60H40N2O. The first kappa shape index (κ1) is 36.5. The van der Waals surface area contributed by atoms with Gasteiger partial charge in [0, 0.05) is 51.0 Å². The standard InChI is InChI=1S/C60H40N2O/c1-4-16-43(17-5-1)52-23-12-13-25-57(52)62(48-21-8-3-9-22-48)49-32-29-42(30-33-49)45-27-28-46-39-56-53-36-35-51(40-59(53)63-58-26-14-24-54(60(56)58)55(46)38-45)61(47-19-6-2-7-20-47)50-34-31-41-15-10-11-18-44(41)37-50/h1-40H. The number of benzene rings is 11. The molecule has 296 valence electrons. The minimum atomic E-state index is 0.848. The van der Waals surface area contributed by atoms with Gasteiger partial charge >= 0.3 is 0 Å². The number of nitrogens with zero attached hydrogens (tertiary/aromatic N) is 2. The summed E-state index contributed by atoms with van der Waals surface area (Å²) in [5.74, 6) is 1.72. The fraction of sp³-hybridized carbons (Fsp3) is 0. The van der Waals surface area contributed by atoms with E-state index in [0.717, 1.165) is 62.1 Å². The maximum Gasteiger partial charge on any atom is 0.137 e. The summed E-state index contributed by atoms with van der Waals surface area (Å²) in [6.07, 6.45) is 0. The number of fused-ring (bicyclic) bond motifs is 5. The summed E-state index contributed by atoms with van der Waals surface area (Å²) < 4.78 is 6.86. The SMILES string of the molecule is c1ccc(-c2ccccc2N(c2ccccc2)c2ccc(-c3ccc4cc5c6c(cccc6c4c3)Oc3cc(N(c4ccccc4)c4ccc6ccccc6c4)ccc3-5)cc2)cc1. The van der Waals surface area contributed by atoms with Gasteiger partial charge in [-0.25, -0.2) is 0 Å². The molecule has 0 aliphatic carbocycles. The highest BCUT2D eigenvalue weighted by Crippen LogP contribution is 2.51. The predicted octanol–water partition coefficient (Wildman–Crippen LogP) is 17.2. The van der Waals surface area contributed by atoms with Crippen molar-refractivity contribution in [3.63, 3.8) is 0 Å². The zero-order valence-electron chi connectivity index (χ0n) is 34.4. The van der Waals surface area contributed by atoms with Crippen LogP contribution >= 0.6 is 0 Å². The van der Waals surface area contributed by atoms with Gasteiger partial charge in [0.2, 0.25) is 0 Å². The summed E-state index contributed by atoms with van der Waals surface area (Å²) in [5, 5.41) is 7.15. The van der Waals surface area contributed by atoms with Crippen LogP contribution in [0.3, 0.4) is 0 Å². The molecule has 0 aromatic heterocycles. The lowest BCUT2D eigenvalue weighted by Gasteiger charge is -2.28. The molecule has 3 nitrogen and oxygen atoms in total. The second-order valence-electron chi connectivity index (χ2n) is 16.1. The van der Waals surface area contributed by atoms with Crippen molar-refractivity contribution in [1.29, 1.82) is 0 Å². The Hall–Kier alpha value is -8.40. The van der Waals surface area contributed by atoms with E-state index in [9.17, 15) is 0 Å². The molecule has 0 fully saturated rings. The van der Waals surface area contributed by atoms with E-state index in [0.29, 0.717) is 0 Å². The van der Waals surface area contributed by atoms with Crippen LogP contribution in [-0.4, -0.2) is 0 Å². The van der Waals surface area contributed by atoms with Gasteiger partial charge in [0.25, 0.3) is 0 Å². The lowest BCUT2D eigenvalue weighted by Crippen LogP contribution is -2.11. The van der Waals surface area contributed by atoms with Crippen LogP contribution in [0, 0.1) is 0 Å². The molecule has 63 heavy (non-hydrogen) atoms. The Labute approximate surface area is 367 Å². The number of rotatable bonds is 8. The van der Waals surface area contributed by atoms with Crippen LogP contribution in [-0.2, 0) is 0 Å². The lowest BCUT2D eigenvalue weighted by atomic mass is 9.89. The molecule has 0 saturated carbocycles. The van der Waals surface area contributed by atoms with E-state index >= 15 is 0 Å². The maximum absolute atomic E-state index is 6.86. The largest absolute Gasteiger partial charge is 0.456 e. The zero-order chi connectivity index (χ0) is 41.7. The molecule has 0 unspecified atom stereocenters. The van der Waals surface area contributed by atoms with Crippen molar-refractivity contribution in [2.24, 2.45) is 0 Å². The molecule has 0 bridgehead atoms. The Kier molecular flexibility index (Phi) is 8.83. The summed E-state index contributed by atoms with van der Waals surface area (Å²) in [6.45, 7) is 0. The predicted molar refractivity (Wildman–Crippen MR) is 265 cm³/mol. The summed E-state index contributed by atoms with van der Waals surface area (Å²) in [7, 11) is 0. The molecule has 0 amide bonds. The van der Waals surface area contributed by atoms with Gasteiger partial charge in [0.15, 0.2) is 0 Å². The Morgan fingerprint density at radius 1 is 0.270 bits per heavy atom. The third-order valence-corrected chi connectivity index (χ3v) is 12.4. The third kappa shape index (κ3) is 6.46. The van der Waals surface area contributed by atoms with Gasteiger partial charge in [-0.15, -0.1) is 0 Å². The van der Waals surface area contributed by atoms with Crippen molar-refractivity contribution in [2.45, 2.75) is 0 Å². The van der Waals surface area contributed by atoms with E-state index in [1.165, 1.54) is 49.2 Å². The number of hydrogen-bond donors (Lipinski definition) is 0. The van der Waals surface area contributed by atoms with E-state index in [1.54, 1.807) is 0 Å². The molecule has 12 rings (SSSR count). The summed E-state index contributed by atoms with van der Waals surface area (Å²) in [4.78, 5) is 4.66. The quantitative estimate of drug-likeness (QED) is 0.142. The van der Waals surface area contributed by atoms with Gasteiger partial charge in [-0.1, -0.05) is 152 Å². The molecule has 11 aromatic rings. The molecular weight excluding hydrogens is 765 g/mol. The molecule has 0 saturated heterocycles. The molecule has 0 radical (unpaired) electrons. The van der Waals surface area contributed by atoms with Crippen molar-refractivity contribution in [1.82, 2.24) is 0 Å². The van der Waals surface area contributed by atoms with Crippen LogP contribution in [0.2, 0.25) is 0 Å². The van der Waals surface area contributed by atoms with Crippen molar-refractivity contribution in [2.75, 3.05) is 9.80 Å². The molecule has 11 aromatic carbocycles. The third-order valence-electron chi connectivity index (χ3n) is 12.4. The number of hydrogen-bond acceptors (Lipinski definition) is 3. The normalized spacial score (nSPS) is 11.6. The van der Waals surface area contributed by atoms with Crippen molar-refractivity contribution in [3.8, 4) is 44.9 Å².